The number of fused-ring (bicyclic) bond motifs is 1. The Morgan fingerprint density at radius 1 is 1.07 bits per heavy atom. The Balaban J connectivity index is 1.96. The normalized spacial score (nSPS) is 13.0. The van der Waals surface area contributed by atoms with E-state index >= 15 is 0 Å². The number of ether oxygens (including phenoxy) is 2. The molecule has 0 aromatic heterocycles. The number of rotatable bonds is 6. The van der Waals surface area contributed by atoms with E-state index in [0.29, 0.717) is 11.5 Å². The minimum absolute atomic E-state index is 0.0759. The van der Waals surface area contributed by atoms with Gasteiger partial charge in [0.05, 0.1) is 26.4 Å². The SMILES string of the molecule is CCCCCC#Cc1ccc(C2=NN(C)C(=O)Cc3cc(OC)c(OC)cc32)cc1. The smallest absolute Gasteiger partial charge is 0.246 e. The molecule has 0 spiro atoms. The van der Waals surface area contributed by atoms with E-state index in [4.69, 9.17) is 9.47 Å². The number of nitrogens with zero attached hydrogens (tertiary/aromatic N) is 2. The van der Waals surface area contributed by atoms with Crippen LogP contribution in [0.2, 0.25) is 0 Å². The Bertz CT molecular complexity index is 998. The molecule has 156 valence electrons. The van der Waals surface area contributed by atoms with Crippen LogP contribution in [0.5, 0.6) is 11.5 Å². The Hall–Kier alpha value is -3.26. The lowest BCUT2D eigenvalue weighted by molar-refractivity contribution is -0.129. The highest BCUT2D eigenvalue weighted by molar-refractivity contribution is 6.15. The molecule has 0 N–H and O–H groups in total. The van der Waals surface area contributed by atoms with Crippen LogP contribution < -0.4 is 9.47 Å². The van der Waals surface area contributed by atoms with Crippen molar-refractivity contribution >= 4 is 11.6 Å². The molecule has 0 fully saturated rings. The van der Waals surface area contributed by atoms with Gasteiger partial charge in [0.15, 0.2) is 11.5 Å². The van der Waals surface area contributed by atoms with Crippen LogP contribution in [0.4, 0.5) is 0 Å². The maximum absolute atomic E-state index is 12.5. The van der Waals surface area contributed by atoms with Gasteiger partial charge in [0.2, 0.25) is 5.91 Å². The predicted molar refractivity (Wildman–Crippen MR) is 119 cm³/mol. The first-order chi connectivity index (χ1) is 14.6. The van der Waals surface area contributed by atoms with Gasteiger partial charge in [-0.05, 0) is 36.2 Å². The summed E-state index contributed by atoms with van der Waals surface area (Å²) >= 11 is 0. The number of likely N-dealkylation sites (N-methyl/N-ethyl adjacent to an activating group) is 1. The van der Waals surface area contributed by atoms with E-state index < -0.39 is 0 Å². The van der Waals surface area contributed by atoms with Gasteiger partial charge in [0.25, 0.3) is 0 Å². The highest BCUT2D eigenvalue weighted by atomic mass is 16.5. The average Bonchev–Trinajstić information content (AvgIpc) is 2.89. The molecule has 1 aliphatic heterocycles. The van der Waals surface area contributed by atoms with Gasteiger partial charge in [-0.2, -0.15) is 5.10 Å². The number of carbonyl (C=O) groups is 1. The molecule has 3 rings (SSSR count). The number of methoxy groups -OCH3 is 2. The zero-order chi connectivity index (χ0) is 21.5. The van der Waals surface area contributed by atoms with Gasteiger partial charge >= 0.3 is 0 Å². The fourth-order valence-corrected chi connectivity index (χ4v) is 3.38. The van der Waals surface area contributed by atoms with E-state index in [9.17, 15) is 4.79 Å². The lowest BCUT2D eigenvalue weighted by Crippen LogP contribution is -2.22. The minimum Gasteiger partial charge on any atom is -0.493 e. The van der Waals surface area contributed by atoms with Crippen LogP contribution in [-0.2, 0) is 11.2 Å². The Morgan fingerprint density at radius 3 is 2.43 bits per heavy atom. The van der Waals surface area contributed by atoms with Gasteiger partial charge < -0.3 is 9.47 Å². The third-order valence-electron chi connectivity index (χ3n) is 5.11. The van der Waals surface area contributed by atoms with E-state index in [-0.39, 0.29) is 12.3 Å². The number of hydrogen-bond donors (Lipinski definition) is 0. The molecular formula is C25H28N2O3. The molecule has 2 aromatic rings. The van der Waals surface area contributed by atoms with Crippen LogP contribution in [0.15, 0.2) is 41.5 Å². The van der Waals surface area contributed by atoms with E-state index in [0.717, 1.165) is 40.8 Å². The number of hydrogen-bond acceptors (Lipinski definition) is 4. The van der Waals surface area contributed by atoms with E-state index in [2.05, 4.69) is 23.9 Å². The molecule has 1 heterocycles. The van der Waals surface area contributed by atoms with Crippen LogP contribution in [0, 0.1) is 11.8 Å². The molecule has 0 radical (unpaired) electrons. The molecule has 5 heteroatoms. The second kappa shape index (κ2) is 9.98. The quantitative estimate of drug-likeness (QED) is 0.530. The van der Waals surface area contributed by atoms with Gasteiger partial charge in [0, 0.05) is 30.2 Å². The number of unbranched alkanes of at least 4 members (excludes halogenated alkanes) is 3. The van der Waals surface area contributed by atoms with Crippen LogP contribution in [0.25, 0.3) is 0 Å². The van der Waals surface area contributed by atoms with Crippen LogP contribution in [-0.4, -0.2) is 37.9 Å². The van der Waals surface area contributed by atoms with Gasteiger partial charge in [-0.15, -0.1) is 0 Å². The van der Waals surface area contributed by atoms with Crippen molar-refractivity contribution < 1.29 is 14.3 Å². The lowest BCUT2D eigenvalue weighted by Gasteiger charge is -2.14. The number of benzene rings is 2. The van der Waals surface area contributed by atoms with Gasteiger partial charge in [0.1, 0.15) is 0 Å². The van der Waals surface area contributed by atoms with Crippen molar-refractivity contribution in [2.75, 3.05) is 21.3 Å². The fourth-order valence-electron chi connectivity index (χ4n) is 3.38. The summed E-state index contributed by atoms with van der Waals surface area (Å²) in [7, 11) is 4.87. The second-order valence-corrected chi connectivity index (χ2v) is 7.24. The van der Waals surface area contributed by atoms with Crippen molar-refractivity contribution in [2.24, 2.45) is 5.10 Å². The summed E-state index contributed by atoms with van der Waals surface area (Å²) in [5.74, 6) is 7.59. The molecule has 0 unspecified atom stereocenters. The first-order valence-corrected chi connectivity index (χ1v) is 10.3. The maximum Gasteiger partial charge on any atom is 0.246 e. The third kappa shape index (κ3) is 4.83. The van der Waals surface area contributed by atoms with Crippen LogP contribution in [0.1, 0.15) is 54.9 Å². The van der Waals surface area contributed by atoms with Crippen LogP contribution >= 0.6 is 0 Å². The Labute approximate surface area is 178 Å². The zero-order valence-electron chi connectivity index (χ0n) is 18.1. The molecule has 1 amide bonds. The summed E-state index contributed by atoms with van der Waals surface area (Å²) in [6.07, 6.45) is 4.73. The second-order valence-electron chi connectivity index (χ2n) is 7.24. The largest absolute Gasteiger partial charge is 0.493 e. The average molecular weight is 405 g/mol. The molecular weight excluding hydrogens is 376 g/mol. The number of hydrazone groups is 1. The van der Waals surface area contributed by atoms with Crippen molar-refractivity contribution in [2.45, 2.75) is 39.0 Å². The summed E-state index contributed by atoms with van der Waals surface area (Å²) in [5.41, 5.74) is 4.34. The molecule has 1 aliphatic rings. The molecule has 0 saturated heterocycles. The van der Waals surface area contributed by atoms with Crippen molar-refractivity contribution in [3.05, 3.63) is 58.7 Å². The highest BCUT2D eigenvalue weighted by Crippen LogP contribution is 2.33. The molecule has 5 nitrogen and oxygen atoms in total. The van der Waals surface area contributed by atoms with E-state index in [1.165, 1.54) is 17.9 Å². The van der Waals surface area contributed by atoms with E-state index in [1.807, 2.05) is 36.4 Å². The fraction of sp³-hybridized carbons (Fsp3) is 0.360. The summed E-state index contributed by atoms with van der Waals surface area (Å²) in [4.78, 5) is 12.5. The molecule has 0 saturated carbocycles. The maximum atomic E-state index is 12.5. The van der Waals surface area contributed by atoms with Crippen molar-refractivity contribution in [1.29, 1.82) is 0 Å². The van der Waals surface area contributed by atoms with Gasteiger partial charge in [-0.25, -0.2) is 5.01 Å². The molecule has 30 heavy (non-hydrogen) atoms. The topological polar surface area (TPSA) is 51.1 Å². The summed E-state index contributed by atoms with van der Waals surface area (Å²) < 4.78 is 10.9. The van der Waals surface area contributed by atoms with Gasteiger partial charge in [-0.1, -0.05) is 43.7 Å². The first-order valence-electron chi connectivity index (χ1n) is 10.3. The molecule has 0 bridgehead atoms. The Kier molecular flexibility index (Phi) is 7.13. The van der Waals surface area contributed by atoms with Crippen molar-refractivity contribution in [3.63, 3.8) is 0 Å². The molecule has 2 aromatic carbocycles. The predicted octanol–water partition coefficient (Wildman–Crippen LogP) is 4.40. The third-order valence-corrected chi connectivity index (χ3v) is 5.11. The van der Waals surface area contributed by atoms with Crippen molar-refractivity contribution in [3.8, 4) is 23.3 Å². The zero-order valence-corrected chi connectivity index (χ0v) is 18.1. The molecule has 0 aliphatic carbocycles. The van der Waals surface area contributed by atoms with Gasteiger partial charge in [-0.3, -0.25) is 4.79 Å². The first kappa shape index (κ1) is 21.4. The summed E-state index contributed by atoms with van der Waals surface area (Å²) in [5, 5.41) is 5.99. The van der Waals surface area contributed by atoms with Crippen molar-refractivity contribution in [1.82, 2.24) is 5.01 Å². The standard InChI is InChI=1S/C25H28N2O3/c1-5-6-7-8-9-10-18-11-13-19(14-12-18)25-21-17-23(30-4)22(29-3)15-20(21)16-24(28)27(2)26-25/h11-15,17H,5-8,16H2,1-4H3. The van der Waals surface area contributed by atoms with E-state index in [1.54, 1.807) is 21.3 Å². The summed E-state index contributed by atoms with van der Waals surface area (Å²) in [6, 6.07) is 11.7. The number of amides is 1. The summed E-state index contributed by atoms with van der Waals surface area (Å²) in [6.45, 7) is 2.19. The number of carbonyl (C=O) groups excluding carboxylic acids is 1. The molecule has 0 atom stereocenters. The monoisotopic (exact) mass is 404 g/mol. The lowest BCUT2D eigenvalue weighted by atomic mass is 9.95. The minimum atomic E-state index is -0.0759. The Morgan fingerprint density at radius 2 is 1.77 bits per heavy atom. The van der Waals surface area contributed by atoms with Crippen LogP contribution in [0.3, 0.4) is 0 Å². The highest BCUT2D eigenvalue weighted by Gasteiger charge is 2.24.